The van der Waals surface area contributed by atoms with Crippen LogP contribution < -0.4 is 9.47 Å². The summed E-state index contributed by atoms with van der Waals surface area (Å²) in [5, 5.41) is 9.70. The molecule has 4 nitrogen and oxygen atoms in total. The first-order valence-electron chi connectivity index (χ1n) is 6.80. The van der Waals surface area contributed by atoms with E-state index < -0.39 is 0 Å². The maximum atomic E-state index is 12.1. The van der Waals surface area contributed by atoms with E-state index in [0.29, 0.717) is 11.5 Å². The van der Waals surface area contributed by atoms with Gasteiger partial charge in [-0.15, -0.1) is 0 Å². The van der Waals surface area contributed by atoms with Crippen LogP contribution in [0.15, 0.2) is 42.5 Å². The number of hydrogen-bond acceptors (Lipinski definition) is 4. The first-order valence-corrected chi connectivity index (χ1v) is 6.80. The number of carbonyl (C=O) groups is 1. The van der Waals surface area contributed by atoms with Crippen molar-refractivity contribution >= 4 is 11.9 Å². The van der Waals surface area contributed by atoms with Gasteiger partial charge in [-0.25, -0.2) is 0 Å². The lowest BCUT2D eigenvalue weighted by Gasteiger charge is -2.12. The van der Waals surface area contributed by atoms with Crippen LogP contribution >= 0.6 is 0 Å². The number of ether oxygens (including phenoxy) is 2. The van der Waals surface area contributed by atoms with E-state index in [-0.39, 0.29) is 17.1 Å². The van der Waals surface area contributed by atoms with Gasteiger partial charge >= 0.3 is 0 Å². The molecule has 0 saturated carbocycles. The lowest BCUT2D eigenvalue weighted by molar-refractivity contribution is 0.104. The van der Waals surface area contributed by atoms with E-state index in [0.717, 1.165) is 11.1 Å². The number of phenols is 1. The summed E-state index contributed by atoms with van der Waals surface area (Å²) in [5.74, 6) is 0.897. The number of aromatic hydroxyl groups is 1. The molecule has 0 radical (unpaired) electrons. The van der Waals surface area contributed by atoms with Gasteiger partial charge in [-0.1, -0.05) is 24.3 Å². The van der Waals surface area contributed by atoms with Crippen LogP contribution in [0.2, 0.25) is 0 Å². The van der Waals surface area contributed by atoms with Gasteiger partial charge in [0.25, 0.3) is 0 Å². The maximum absolute atomic E-state index is 12.1. The van der Waals surface area contributed by atoms with Gasteiger partial charge in [-0.3, -0.25) is 4.79 Å². The topological polar surface area (TPSA) is 55.8 Å². The van der Waals surface area contributed by atoms with Crippen molar-refractivity contribution in [2.75, 3.05) is 14.2 Å². The zero-order valence-corrected chi connectivity index (χ0v) is 12.8. The molecule has 0 unspecified atom stereocenters. The summed E-state index contributed by atoms with van der Waals surface area (Å²) in [7, 11) is 3.13. The number of ketones is 1. The van der Waals surface area contributed by atoms with Crippen LogP contribution in [-0.2, 0) is 0 Å². The molecule has 0 aromatic heterocycles. The largest absolute Gasteiger partial charge is 0.507 e. The Hall–Kier alpha value is -2.75. The second kappa shape index (κ2) is 6.80. The van der Waals surface area contributed by atoms with Crippen LogP contribution in [0.4, 0.5) is 0 Å². The Balaban J connectivity index is 2.35. The van der Waals surface area contributed by atoms with Gasteiger partial charge in [0.15, 0.2) is 17.3 Å². The molecular formula is C18H18O4. The van der Waals surface area contributed by atoms with Crippen molar-refractivity contribution in [3.63, 3.8) is 0 Å². The number of aryl methyl sites for hydroxylation is 1. The summed E-state index contributed by atoms with van der Waals surface area (Å²) in [4.78, 5) is 12.1. The van der Waals surface area contributed by atoms with E-state index >= 15 is 0 Å². The third-order valence-corrected chi connectivity index (χ3v) is 3.33. The molecule has 2 rings (SSSR count). The molecule has 0 aliphatic carbocycles. The third kappa shape index (κ3) is 3.11. The highest BCUT2D eigenvalue weighted by Gasteiger charge is 2.12. The van der Waals surface area contributed by atoms with E-state index in [2.05, 4.69) is 0 Å². The molecular weight excluding hydrogens is 280 g/mol. The molecule has 0 bridgehead atoms. The molecule has 2 aromatic rings. The summed E-state index contributed by atoms with van der Waals surface area (Å²) in [6.45, 7) is 1.92. The van der Waals surface area contributed by atoms with Crippen molar-refractivity contribution in [1.82, 2.24) is 0 Å². The zero-order valence-electron chi connectivity index (χ0n) is 12.8. The van der Waals surface area contributed by atoms with Crippen molar-refractivity contribution in [1.29, 1.82) is 0 Å². The molecule has 1 N–H and O–H groups in total. The third-order valence-electron chi connectivity index (χ3n) is 3.33. The van der Waals surface area contributed by atoms with E-state index in [4.69, 9.17) is 9.47 Å². The standard InChI is InChI=1S/C18H18O4/c1-12-8-9-13(18(22-3)17(12)21-2)10-11-16(20)14-6-4-5-7-15(14)19/h4-11,19H,1-3H3. The van der Waals surface area contributed by atoms with E-state index in [1.165, 1.54) is 12.1 Å². The summed E-state index contributed by atoms with van der Waals surface area (Å²) >= 11 is 0. The Morgan fingerprint density at radius 2 is 1.73 bits per heavy atom. The molecule has 0 aliphatic rings. The highest BCUT2D eigenvalue weighted by Crippen LogP contribution is 2.35. The molecule has 4 heteroatoms. The lowest BCUT2D eigenvalue weighted by atomic mass is 10.1. The molecule has 0 aliphatic heterocycles. The summed E-state index contributed by atoms with van der Waals surface area (Å²) in [6.07, 6.45) is 3.05. The molecule has 0 atom stereocenters. The van der Waals surface area contributed by atoms with Crippen molar-refractivity contribution in [3.05, 3.63) is 59.2 Å². The SMILES string of the molecule is COc1c(C)ccc(C=CC(=O)c2ccccc2O)c1OC. The van der Waals surface area contributed by atoms with Gasteiger partial charge < -0.3 is 14.6 Å². The number of rotatable bonds is 5. The number of phenolic OH excluding ortho intramolecular Hbond substituents is 1. The lowest BCUT2D eigenvalue weighted by Crippen LogP contribution is -1.97. The Morgan fingerprint density at radius 3 is 2.36 bits per heavy atom. The number of carbonyl (C=O) groups excluding carboxylic acids is 1. The van der Waals surface area contributed by atoms with Crippen LogP contribution in [0.25, 0.3) is 6.08 Å². The predicted octanol–water partition coefficient (Wildman–Crippen LogP) is 3.61. The smallest absolute Gasteiger partial charge is 0.189 e. The Bertz CT molecular complexity index is 717. The van der Waals surface area contributed by atoms with Gasteiger partial charge in [0.1, 0.15) is 5.75 Å². The minimum Gasteiger partial charge on any atom is -0.507 e. The Morgan fingerprint density at radius 1 is 1.05 bits per heavy atom. The number of hydrogen-bond donors (Lipinski definition) is 1. The molecule has 0 spiro atoms. The minimum atomic E-state index is -0.278. The molecule has 114 valence electrons. The molecule has 22 heavy (non-hydrogen) atoms. The second-order valence-electron chi connectivity index (χ2n) is 4.75. The summed E-state index contributed by atoms with van der Waals surface area (Å²) < 4.78 is 10.7. The fraction of sp³-hybridized carbons (Fsp3) is 0.167. The van der Waals surface area contributed by atoms with E-state index in [1.807, 2.05) is 19.1 Å². The van der Waals surface area contributed by atoms with Gasteiger partial charge in [-0.2, -0.15) is 0 Å². The first-order chi connectivity index (χ1) is 10.6. The van der Waals surface area contributed by atoms with Crippen molar-refractivity contribution in [2.45, 2.75) is 6.92 Å². The summed E-state index contributed by atoms with van der Waals surface area (Å²) in [5.41, 5.74) is 1.94. The molecule has 0 saturated heterocycles. The molecule has 0 heterocycles. The van der Waals surface area contributed by atoms with Gasteiger partial charge in [-0.05, 0) is 36.8 Å². The van der Waals surface area contributed by atoms with Gasteiger partial charge in [0, 0.05) is 5.56 Å². The second-order valence-corrected chi connectivity index (χ2v) is 4.75. The number of methoxy groups -OCH3 is 2. The fourth-order valence-electron chi connectivity index (χ4n) is 2.21. The van der Waals surface area contributed by atoms with E-state index in [9.17, 15) is 9.90 Å². The van der Waals surface area contributed by atoms with Crippen LogP contribution in [-0.4, -0.2) is 25.1 Å². The zero-order chi connectivity index (χ0) is 16.1. The summed E-state index contributed by atoms with van der Waals surface area (Å²) in [6, 6.07) is 10.2. The first kappa shape index (κ1) is 15.6. The number of benzene rings is 2. The molecule has 0 amide bonds. The number of para-hydroxylation sites is 1. The van der Waals surface area contributed by atoms with Gasteiger partial charge in [0.2, 0.25) is 0 Å². The highest BCUT2D eigenvalue weighted by molar-refractivity contribution is 6.08. The van der Waals surface area contributed by atoms with Crippen LogP contribution in [0.1, 0.15) is 21.5 Å². The average Bonchev–Trinajstić information content (AvgIpc) is 2.53. The Kier molecular flexibility index (Phi) is 4.84. The molecule has 2 aromatic carbocycles. The van der Waals surface area contributed by atoms with Crippen LogP contribution in [0, 0.1) is 6.92 Å². The average molecular weight is 298 g/mol. The van der Waals surface area contributed by atoms with Crippen LogP contribution in [0.5, 0.6) is 17.2 Å². The van der Waals surface area contributed by atoms with Crippen LogP contribution in [0.3, 0.4) is 0 Å². The van der Waals surface area contributed by atoms with Crippen molar-refractivity contribution in [3.8, 4) is 17.2 Å². The maximum Gasteiger partial charge on any atom is 0.189 e. The van der Waals surface area contributed by atoms with Gasteiger partial charge in [0.05, 0.1) is 19.8 Å². The number of allylic oxidation sites excluding steroid dienone is 1. The quantitative estimate of drug-likeness (QED) is 0.676. The monoisotopic (exact) mass is 298 g/mol. The van der Waals surface area contributed by atoms with Crippen molar-refractivity contribution < 1.29 is 19.4 Å². The molecule has 0 fully saturated rings. The minimum absolute atomic E-state index is 0.0365. The predicted molar refractivity (Wildman–Crippen MR) is 85.8 cm³/mol. The highest BCUT2D eigenvalue weighted by atomic mass is 16.5. The van der Waals surface area contributed by atoms with Crippen molar-refractivity contribution in [2.24, 2.45) is 0 Å². The Labute approximate surface area is 129 Å². The normalized spacial score (nSPS) is 10.7. The fourth-order valence-corrected chi connectivity index (χ4v) is 2.21. The van der Waals surface area contributed by atoms with E-state index in [1.54, 1.807) is 38.5 Å².